The normalized spacial score (nSPS) is 22.2. The van der Waals surface area contributed by atoms with Gasteiger partial charge in [0.25, 0.3) is 5.91 Å². The predicted molar refractivity (Wildman–Crippen MR) is 105 cm³/mol. The summed E-state index contributed by atoms with van der Waals surface area (Å²) in [5, 5.41) is 2.80. The molecular weight excluding hydrogens is 388 g/mol. The molecule has 2 aromatic rings. The van der Waals surface area contributed by atoms with Crippen LogP contribution in [0.5, 0.6) is 17.2 Å². The van der Waals surface area contributed by atoms with Crippen LogP contribution in [0, 0.1) is 0 Å². The van der Waals surface area contributed by atoms with E-state index >= 15 is 0 Å². The van der Waals surface area contributed by atoms with Crippen molar-refractivity contribution in [2.45, 2.75) is 18.4 Å². The van der Waals surface area contributed by atoms with Crippen LogP contribution < -0.4 is 19.5 Å². The summed E-state index contributed by atoms with van der Waals surface area (Å²) < 4.78 is 16.8. The summed E-state index contributed by atoms with van der Waals surface area (Å²) in [6.07, 6.45) is 1.07. The molecule has 0 unspecified atom stereocenters. The number of urea groups is 1. The maximum Gasteiger partial charge on any atom is 0.325 e. The Kier molecular flexibility index (Phi) is 4.34. The molecule has 3 aliphatic heterocycles. The first-order valence-electron chi connectivity index (χ1n) is 9.88. The fourth-order valence-corrected chi connectivity index (χ4v) is 4.09. The minimum atomic E-state index is -1.20. The number of nitrogens with zero attached hydrogens (tertiary/aromatic N) is 1. The molecule has 8 heteroatoms. The number of Topliss-reactive ketones (excluding diaryl/α,β-unsaturated/α-hetero) is 1. The van der Waals surface area contributed by atoms with Gasteiger partial charge in [-0.25, -0.2) is 4.79 Å². The highest BCUT2D eigenvalue weighted by atomic mass is 16.5. The van der Waals surface area contributed by atoms with E-state index in [-0.39, 0.29) is 12.3 Å². The largest absolute Gasteiger partial charge is 0.493 e. The second-order valence-electron chi connectivity index (χ2n) is 7.46. The first-order valence-corrected chi connectivity index (χ1v) is 9.88. The fourth-order valence-electron chi connectivity index (χ4n) is 4.09. The summed E-state index contributed by atoms with van der Waals surface area (Å²) in [7, 11) is 0. The van der Waals surface area contributed by atoms with Gasteiger partial charge < -0.3 is 19.5 Å². The maximum atomic E-state index is 13.3. The van der Waals surface area contributed by atoms with Crippen molar-refractivity contribution in [1.82, 2.24) is 10.2 Å². The third-order valence-corrected chi connectivity index (χ3v) is 5.63. The van der Waals surface area contributed by atoms with Gasteiger partial charge in [0.1, 0.15) is 5.75 Å². The van der Waals surface area contributed by atoms with E-state index in [1.165, 1.54) is 0 Å². The molecule has 1 fully saturated rings. The lowest BCUT2D eigenvalue weighted by molar-refractivity contribution is -0.132. The van der Waals surface area contributed by atoms with Gasteiger partial charge in [-0.05, 0) is 24.3 Å². The number of hydrogen-bond acceptors (Lipinski definition) is 6. The number of rotatable bonds is 3. The SMILES string of the molecule is O=C(CN1C(=O)N[C@]2(CCOc3ccccc32)C1=O)c1ccc2c(c1)OCCCO2. The van der Waals surface area contributed by atoms with Gasteiger partial charge in [0.05, 0.1) is 26.4 Å². The van der Waals surface area contributed by atoms with Crippen LogP contribution in [0.15, 0.2) is 42.5 Å². The minimum Gasteiger partial charge on any atom is -0.493 e. The Labute approximate surface area is 172 Å². The van der Waals surface area contributed by atoms with E-state index in [9.17, 15) is 14.4 Å². The zero-order valence-corrected chi connectivity index (χ0v) is 16.2. The van der Waals surface area contributed by atoms with Gasteiger partial charge in [-0.15, -0.1) is 0 Å². The Bertz CT molecular complexity index is 1050. The van der Waals surface area contributed by atoms with Crippen LogP contribution in [0.3, 0.4) is 0 Å². The van der Waals surface area contributed by atoms with Crippen molar-refractivity contribution in [3.05, 3.63) is 53.6 Å². The number of carbonyl (C=O) groups is 3. The summed E-state index contributed by atoms with van der Waals surface area (Å²) >= 11 is 0. The van der Waals surface area contributed by atoms with Crippen molar-refractivity contribution in [3.63, 3.8) is 0 Å². The molecule has 3 amide bonds. The quantitative estimate of drug-likeness (QED) is 0.619. The average Bonchev–Trinajstić information content (AvgIpc) is 2.93. The van der Waals surface area contributed by atoms with Gasteiger partial charge in [-0.3, -0.25) is 14.5 Å². The molecule has 8 nitrogen and oxygen atoms in total. The second-order valence-corrected chi connectivity index (χ2v) is 7.46. The molecule has 2 aromatic carbocycles. The van der Waals surface area contributed by atoms with Crippen LogP contribution >= 0.6 is 0 Å². The summed E-state index contributed by atoms with van der Waals surface area (Å²) in [4.78, 5) is 39.8. The molecule has 154 valence electrons. The lowest BCUT2D eigenvalue weighted by Crippen LogP contribution is -2.47. The highest BCUT2D eigenvalue weighted by molar-refractivity contribution is 6.11. The molecule has 30 heavy (non-hydrogen) atoms. The number of carbonyl (C=O) groups excluding carboxylic acids is 3. The van der Waals surface area contributed by atoms with Crippen LogP contribution in [0.1, 0.15) is 28.8 Å². The zero-order valence-electron chi connectivity index (χ0n) is 16.2. The third-order valence-electron chi connectivity index (χ3n) is 5.63. The first-order chi connectivity index (χ1) is 14.6. The topological polar surface area (TPSA) is 94.2 Å². The molecule has 0 saturated carbocycles. The Balaban J connectivity index is 1.40. The van der Waals surface area contributed by atoms with Gasteiger partial charge in [0.2, 0.25) is 0 Å². The van der Waals surface area contributed by atoms with Crippen LogP contribution in [0.2, 0.25) is 0 Å². The van der Waals surface area contributed by atoms with Crippen molar-refractivity contribution >= 4 is 17.7 Å². The number of benzene rings is 2. The van der Waals surface area contributed by atoms with Crippen LogP contribution in [-0.2, 0) is 10.3 Å². The van der Waals surface area contributed by atoms with Crippen LogP contribution in [-0.4, -0.2) is 49.0 Å². The van der Waals surface area contributed by atoms with Crippen molar-refractivity contribution in [2.75, 3.05) is 26.4 Å². The molecule has 0 aliphatic carbocycles. The highest BCUT2D eigenvalue weighted by Gasteiger charge is 2.55. The van der Waals surface area contributed by atoms with Crippen LogP contribution in [0.4, 0.5) is 4.79 Å². The molecule has 3 aliphatic rings. The smallest absolute Gasteiger partial charge is 0.325 e. The summed E-state index contributed by atoms with van der Waals surface area (Å²) in [5.74, 6) is 0.841. The molecule has 1 atom stereocenters. The van der Waals surface area contributed by atoms with Crippen molar-refractivity contribution in [3.8, 4) is 17.2 Å². The Hall–Kier alpha value is -3.55. The number of amides is 3. The first kappa shape index (κ1) is 18.5. The van der Waals surface area contributed by atoms with E-state index in [4.69, 9.17) is 14.2 Å². The van der Waals surface area contributed by atoms with Gasteiger partial charge in [0, 0.05) is 24.0 Å². The second kappa shape index (κ2) is 7.05. The number of ether oxygens (including phenoxy) is 3. The van der Waals surface area contributed by atoms with Crippen molar-refractivity contribution < 1.29 is 28.6 Å². The molecule has 5 rings (SSSR count). The van der Waals surface area contributed by atoms with E-state index in [0.29, 0.717) is 54.6 Å². The summed E-state index contributed by atoms with van der Waals surface area (Å²) in [6, 6.07) is 11.4. The zero-order chi connectivity index (χ0) is 20.7. The molecule has 1 N–H and O–H groups in total. The number of fused-ring (bicyclic) bond motifs is 3. The lowest BCUT2D eigenvalue weighted by Gasteiger charge is -2.33. The number of nitrogens with one attached hydrogen (secondary N) is 1. The molecular formula is C22H20N2O6. The van der Waals surface area contributed by atoms with E-state index in [1.54, 1.807) is 36.4 Å². The standard InChI is InChI=1S/C22H20N2O6/c25-16(14-6-7-18-19(12-14)29-10-3-9-28-18)13-24-20(26)22(23-21(24)27)8-11-30-17-5-2-1-4-15(17)22/h1-2,4-7,12H,3,8-11,13H2,(H,23,27)/t22-/m0/s1. The van der Waals surface area contributed by atoms with E-state index < -0.39 is 17.5 Å². The van der Waals surface area contributed by atoms with E-state index in [2.05, 4.69) is 5.32 Å². The molecule has 0 aromatic heterocycles. The van der Waals surface area contributed by atoms with Crippen molar-refractivity contribution in [2.24, 2.45) is 0 Å². The molecule has 1 saturated heterocycles. The van der Waals surface area contributed by atoms with Gasteiger partial charge in [0.15, 0.2) is 22.8 Å². The fraction of sp³-hybridized carbons (Fsp3) is 0.318. The van der Waals surface area contributed by atoms with Gasteiger partial charge in [-0.2, -0.15) is 0 Å². The highest BCUT2D eigenvalue weighted by Crippen LogP contribution is 2.41. The predicted octanol–water partition coefficient (Wildman–Crippen LogP) is 2.26. The van der Waals surface area contributed by atoms with Gasteiger partial charge in [-0.1, -0.05) is 18.2 Å². The molecule has 0 radical (unpaired) electrons. The minimum absolute atomic E-state index is 0.299. The lowest BCUT2D eigenvalue weighted by atomic mass is 9.84. The number of para-hydroxylation sites is 1. The summed E-state index contributed by atoms with van der Waals surface area (Å²) in [5.41, 5.74) is -0.231. The number of imide groups is 1. The Morgan fingerprint density at radius 1 is 0.967 bits per heavy atom. The number of ketones is 1. The van der Waals surface area contributed by atoms with Crippen molar-refractivity contribution in [1.29, 1.82) is 0 Å². The maximum absolute atomic E-state index is 13.3. The van der Waals surface area contributed by atoms with E-state index in [1.807, 2.05) is 6.07 Å². The average molecular weight is 408 g/mol. The number of hydrogen-bond donors (Lipinski definition) is 1. The van der Waals surface area contributed by atoms with Crippen LogP contribution in [0.25, 0.3) is 0 Å². The summed E-state index contributed by atoms with van der Waals surface area (Å²) in [6.45, 7) is 1.000. The molecule has 1 spiro atoms. The Morgan fingerprint density at radius 3 is 2.60 bits per heavy atom. The molecule has 3 heterocycles. The van der Waals surface area contributed by atoms with Gasteiger partial charge >= 0.3 is 6.03 Å². The monoisotopic (exact) mass is 408 g/mol. The molecule has 0 bridgehead atoms. The third kappa shape index (κ3) is 2.87. The van der Waals surface area contributed by atoms with E-state index in [0.717, 1.165) is 11.3 Å². The Morgan fingerprint density at radius 2 is 1.73 bits per heavy atom.